The molecule has 1 unspecified atom stereocenters. The van der Waals surface area contributed by atoms with Gasteiger partial charge in [0.1, 0.15) is 0 Å². The molecule has 0 saturated heterocycles. The van der Waals surface area contributed by atoms with Gasteiger partial charge >= 0.3 is 0 Å². The largest absolute Gasteiger partial charge is 0.383 e. The van der Waals surface area contributed by atoms with Gasteiger partial charge in [-0.1, -0.05) is 19.9 Å². The summed E-state index contributed by atoms with van der Waals surface area (Å²) in [6.45, 7) is 12.9. The lowest BCUT2D eigenvalue weighted by molar-refractivity contribution is 0.149. The van der Waals surface area contributed by atoms with Crippen molar-refractivity contribution in [3.63, 3.8) is 0 Å². The first-order chi connectivity index (χ1) is 8.13. The Bertz CT molecular complexity index is 183. The molecule has 3 nitrogen and oxygen atoms in total. The lowest BCUT2D eigenvalue weighted by Crippen LogP contribution is -2.31. The van der Waals surface area contributed by atoms with E-state index in [2.05, 4.69) is 25.3 Å². The first kappa shape index (κ1) is 16.6. The summed E-state index contributed by atoms with van der Waals surface area (Å²) in [6.07, 6.45) is 4.35. The van der Waals surface area contributed by atoms with Gasteiger partial charge in [0.15, 0.2) is 0 Å². The van der Waals surface area contributed by atoms with Gasteiger partial charge in [0, 0.05) is 20.2 Å². The van der Waals surface area contributed by atoms with Crippen LogP contribution in [0.25, 0.3) is 0 Å². The highest BCUT2D eigenvalue weighted by Crippen LogP contribution is 2.14. The van der Waals surface area contributed by atoms with E-state index in [4.69, 9.17) is 10.5 Å². The summed E-state index contributed by atoms with van der Waals surface area (Å²) < 4.78 is 5.12. The van der Waals surface area contributed by atoms with E-state index in [-0.39, 0.29) is 0 Å². The van der Waals surface area contributed by atoms with Crippen LogP contribution in [0.3, 0.4) is 0 Å². The van der Waals surface area contributed by atoms with Crippen LogP contribution in [-0.4, -0.2) is 44.8 Å². The van der Waals surface area contributed by atoms with Gasteiger partial charge in [-0.15, -0.1) is 6.58 Å². The van der Waals surface area contributed by atoms with E-state index in [9.17, 15) is 0 Å². The van der Waals surface area contributed by atoms with Crippen LogP contribution in [0.15, 0.2) is 12.7 Å². The van der Waals surface area contributed by atoms with Crippen molar-refractivity contribution in [2.24, 2.45) is 17.6 Å². The maximum absolute atomic E-state index is 5.82. The third kappa shape index (κ3) is 9.33. The van der Waals surface area contributed by atoms with Crippen molar-refractivity contribution in [3.8, 4) is 0 Å². The average molecular weight is 242 g/mol. The van der Waals surface area contributed by atoms with Crippen LogP contribution in [0.1, 0.15) is 26.7 Å². The van der Waals surface area contributed by atoms with Crippen molar-refractivity contribution in [2.75, 3.05) is 39.9 Å². The molecule has 0 radical (unpaired) electrons. The van der Waals surface area contributed by atoms with Gasteiger partial charge in [-0.05, 0) is 37.8 Å². The van der Waals surface area contributed by atoms with Crippen LogP contribution in [0.5, 0.6) is 0 Å². The fourth-order valence-electron chi connectivity index (χ4n) is 2.06. The minimum atomic E-state index is 0.643. The van der Waals surface area contributed by atoms with Gasteiger partial charge in [-0.3, -0.25) is 4.90 Å². The molecular formula is C14H30N2O. The number of nitrogens with zero attached hydrogens (tertiary/aromatic N) is 1. The average Bonchev–Trinajstić information content (AvgIpc) is 2.30. The number of ether oxygens (including phenoxy) is 1. The molecule has 1 atom stereocenters. The minimum absolute atomic E-state index is 0.643. The van der Waals surface area contributed by atoms with Crippen molar-refractivity contribution < 1.29 is 4.74 Å². The van der Waals surface area contributed by atoms with E-state index in [1.54, 1.807) is 7.11 Å². The van der Waals surface area contributed by atoms with Crippen molar-refractivity contribution in [2.45, 2.75) is 26.7 Å². The van der Waals surface area contributed by atoms with Crippen molar-refractivity contribution in [1.82, 2.24) is 4.90 Å². The molecule has 0 saturated carbocycles. The summed E-state index contributed by atoms with van der Waals surface area (Å²) in [5, 5.41) is 0. The normalized spacial score (nSPS) is 13.3. The topological polar surface area (TPSA) is 38.5 Å². The predicted octanol–water partition coefficient (Wildman–Crippen LogP) is 2.13. The fourth-order valence-corrected chi connectivity index (χ4v) is 2.06. The first-order valence-corrected chi connectivity index (χ1v) is 6.66. The smallest absolute Gasteiger partial charge is 0.0589 e. The molecule has 0 aliphatic carbocycles. The molecule has 0 spiro atoms. The molecule has 3 heteroatoms. The molecule has 0 fully saturated rings. The third-order valence-corrected chi connectivity index (χ3v) is 2.99. The monoisotopic (exact) mass is 242 g/mol. The molecule has 0 aromatic heterocycles. The van der Waals surface area contributed by atoms with Crippen LogP contribution in [0, 0.1) is 11.8 Å². The summed E-state index contributed by atoms with van der Waals surface area (Å²) in [5.74, 6) is 1.38. The molecule has 2 N–H and O–H groups in total. The van der Waals surface area contributed by atoms with Gasteiger partial charge in [0.05, 0.1) is 6.61 Å². The molecule has 0 aliphatic heterocycles. The number of hydrogen-bond acceptors (Lipinski definition) is 3. The van der Waals surface area contributed by atoms with Crippen LogP contribution in [0.2, 0.25) is 0 Å². The van der Waals surface area contributed by atoms with E-state index in [1.807, 2.05) is 6.08 Å². The highest BCUT2D eigenvalue weighted by molar-refractivity contribution is 4.74. The minimum Gasteiger partial charge on any atom is -0.383 e. The van der Waals surface area contributed by atoms with Gasteiger partial charge in [0.25, 0.3) is 0 Å². The molecule has 0 amide bonds. The second-order valence-corrected chi connectivity index (χ2v) is 5.10. The Morgan fingerprint density at radius 3 is 2.53 bits per heavy atom. The maximum Gasteiger partial charge on any atom is 0.0589 e. The third-order valence-electron chi connectivity index (χ3n) is 2.99. The number of nitrogens with two attached hydrogens (primary N) is 1. The maximum atomic E-state index is 5.82. The molecule has 0 aliphatic rings. The van der Waals surface area contributed by atoms with Gasteiger partial charge in [0.2, 0.25) is 0 Å². The van der Waals surface area contributed by atoms with Gasteiger partial charge < -0.3 is 10.5 Å². The highest BCUT2D eigenvalue weighted by Gasteiger charge is 2.11. The number of hydrogen-bond donors (Lipinski definition) is 1. The Morgan fingerprint density at radius 1 is 1.35 bits per heavy atom. The molecule has 0 aromatic carbocycles. The van der Waals surface area contributed by atoms with Gasteiger partial charge in [-0.25, -0.2) is 0 Å². The zero-order valence-corrected chi connectivity index (χ0v) is 11.8. The molecular weight excluding hydrogens is 212 g/mol. The molecule has 102 valence electrons. The standard InChI is InChI=1S/C14H30N2O/c1-5-7-16(9-10-17-4)8-6-14(12-15)11-13(2)3/h5,13-14H,1,6-12,15H2,2-4H3. The summed E-state index contributed by atoms with van der Waals surface area (Å²) in [6, 6.07) is 0. The lowest BCUT2D eigenvalue weighted by Gasteiger charge is -2.24. The number of methoxy groups -OCH3 is 1. The Labute approximate surface area is 107 Å². The Balaban J connectivity index is 3.93. The Hall–Kier alpha value is -0.380. The number of rotatable bonds is 11. The van der Waals surface area contributed by atoms with E-state index in [1.165, 1.54) is 12.8 Å². The van der Waals surface area contributed by atoms with Gasteiger partial charge in [-0.2, -0.15) is 0 Å². The van der Waals surface area contributed by atoms with Crippen molar-refractivity contribution in [1.29, 1.82) is 0 Å². The zero-order valence-electron chi connectivity index (χ0n) is 11.8. The molecule has 0 rings (SSSR count). The van der Waals surface area contributed by atoms with Crippen LogP contribution in [-0.2, 0) is 4.74 Å². The second-order valence-electron chi connectivity index (χ2n) is 5.10. The summed E-state index contributed by atoms with van der Waals surface area (Å²) in [5.41, 5.74) is 5.82. The van der Waals surface area contributed by atoms with Crippen LogP contribution in [0.4, 0.5) is 0 Å². The SMILES string of the molecule is C=CCN(CCOC)CCC(CN)CC(C)C. The second kappa shape index (κ2) is 10.8. The Morgan fingerprint density at radius 2 is 2.06 bits per heavy atom. The Kier molecular flexibility index (Phi) is 10.5. The quantitative estimate of drug-likeness (QED) is 0.564. The fraction of sp³-hybridized carbons (Fsp3) is 0.857. The molecule has 0 heterocycles. The van der Waals surface area contributed by atoms with E-state index < -0.39 is 0 Å². The summed E-state index contributed by atoms with van der Waals surface area (Å²) in [7, 11) is 1.74. The van der Waals surface area contributed by atoms with Crippen LogP contribution >= 0.6 is 0 Å². The molecule has 0 bridgehead atoms. The van der Waals surface area contributed by atoms with Crippen molar-refractivity contribution in [3.05, 3.63) is 12.7 Å². The van der Waals surface area contributed by atoms with E-state index in [0.29, 0.717) is 5.92 Å². The highest BCUT2D eigenvalue weighted by atomic mass is 16.5. The lowest BCUT2D eigenvalue weighted by atomic mass is 9.94. The molecule has 17 heavy (non-hydrogen) atoms. The zero-order chi connectivity index (χ0) is 13.1. The first-order valence-electron chi connectivity index (χ1n) is 6.66. The molecule has 0 aromatic rings. The summed E-state index contributed by atoms with van der Waals surface area (Å²) >= 11 is 0. The summed E-state index contributed by atoms with van der Waals surface area (Å²) in [4.78, 5) is 2.37. The van der Waals surface area contributed by atoms with Crippen molar-refractivity contribution >= 4 is 0 Å². The predicted molar refractivity (Wildman–Crippen MR) is 75.1 cm³/mol. The van der Waals surface area contributed by atoms with Crippen LogP contribution < -0.4 is 5.73 Å². The van der Waals surface area contributed by atoms with E-state index in [0.717, 1.165) is 38.7 Å². The van der Waals surface area contributed by atoms with E-state index >= 15 is 0 Å².